The quantitative estimate of drug-likeness (QED) is 0.265. The van der Waals surface area contributed by atoms with E-state index in [1.165, 1.54) is 17.3 Å². The van der Waals surface area contributed by atoms with Gasteiger partial charge in [0.1, 0.15) is 0 Å². The van der Waals surface area contributed by atoms with Crippen LogP contribution in [-0.2, 0) is 4.79 Å². The first-order valence-corrected chi connectivity index (χ1v) is 12.2. The van der Waals surface area contributed by atoms with E-state index in [1.807, 2.05) is 60.7 Å². The summed E-state index contributed by atoms with van der Waals surface area (Å²) in [5, 5.41) is 4.07. The molecule has 0 fully saturated rings. The Kier molecular flexibility index (Phi) is 6.41. The first kappa shape index (κ1) is 21.9. The van der Waals surface area contributed by atoms with Crippen molar-refractivity contribution in [3.63, 3.8) is 0 Å². The maximum atomic E-state index is 12.8. The van der Waals surface area contributed by atoms with Crippen molar-refractivity contribution in [1.29, 1.82) is 0 Å². The average molecular weight is 461 g/mol. The van der Waals surface area contributed by atoms with Crippen molar-refractivity contribution in [2.24, 2.45) is 0 Å². The van der Waals surface area contributed by atoms with Crippen molar-refractivity contribution in [3.8, 4) is 22.4 Å². The number of amides is 1. The van der Waals surface area contributed by atoms with Crippen molar-refractivity contribution in [2.45, 2.75) is 11.8 Å². The zero-order valence-corrected chi connectivity index (χ0v) is 19.7. The molecule has 0 atom stereocenters. The van der Waals surface area contributed by atoms with E-state index in [0.29, 0.717) is 0 Å². The van der Waals surface area contributed by atoms with Crippen molar-refractivity contribution < 1.29 is 4.79 Å². The smallest absolute Gasteiger partial charge is 0.234 e. The second-order valence-corrected chi connectivity index (χ2v) is 9.10. The first-order chi connectivity index (χ1) is 16.7. The monoisotopic (exact) mass is 460 g/mol. The van der Waals surface area contributed by atoms with Gasteiger partial charge in [-0.2, -0.15) is 0 Å². The van der Waals surface area contributed by atoms with Gasteiger partial charge in [-0.3, -0.25) is 4.79 Å². The molecule has 0 radical (unpaired) electrons. The topological polar surface area (TPSA) is 42.0 Å². The fraction of sp³-hybridized carbons (Fsp3) is 0.0667. The van der Waals surface area contributed by atoms with Crippen molar-refractivity contribution in [2.75, 3.05) is 11.1 Å². The molecule has 4 heteroatoms. The van der Waals surface area contributed by atoms with Crippen LogP contribution in [0.25, 0.3) is 33.3 Å². The van der Waals surface area contributed by atoms with E-state index in [0.717, 1.165) is 43.9 Å². The Morgan fingerprint density at radius 3 is 2.15 bits per heavy atom. The van der Waals surface area contributed by atoms with Crippen LogP contribution in [-0.4, -0.2) is 16.6 Å². The van der Waals surface area contributed by atoms with Crippen LogP contribution in [0.5, 0.6) is 0 Å². The molecular weight excluding hydrogens is 436 g/mol. The van der Waals surface area contributed by atoms with Crippen LogP contribution in [0, 0.1) is 6.92 Å². The molecule has 0 spiro atoms. The minimum Gasteiger partial charge on any atom is -0.325 e. The van der Waals surface area contributed by atoms with Gasteiger partial charge in [0.2, 0.25) is 5.91 Å². The third-order valence-electron chi connectivity index (χ3n) is 5.64. The molecule has 34 heavy (non-hydrogen) atoms. The fourth-order valence-corrected chi connectivity index (χ4v) is 5.01. The Bertz CT molecular complexity index is 1430. The van der Waals surface area contributed by atoms with Crippen molar-refractivity contribution in [3.05, 3.63) is 115 Å². The number of carbonyl (C=O) groups is 1. The van der Waals surface area contributed by atoms with Crippen LogP contribution < -0.4 is 5.32 Å². The summed E-state index contributed by atoms with van der Waals surface area (Å²) in [6.45, 7) is 2.08. The van der Waals surface area contributed by atoms with E-state index in [-0.39, 0.29) is 11.7 Å². The Morgan fingerprint density at radius 1 is 0.765 bits per heavy atom. The summed E-state index contributed by atoms with van der Waals surface area (Å²) in [4.78, 5) is 18.9. The average Bonchev–Trinajstić information content (AvgIpc) is 2.88. The molecule has 0 bridgehead atoms. The SMILES string of the molecule is Cc1ccc(-c2nc3ccccc3c(-c3ccccc3)c2SCC(=O)Nc2ccccc2)cc1. The molecule has 166 valence electrons. The highest BCUT2D eigenvalue weighted by Gasteiger charge is 2.19. The predicted octanol–water partition coefficient (Wildman–Crippen LogP) is 7.61. The zero-order valence-electron chi connectivity index (χ0n) is 18.9. The minimum atomic E-state index is -0.0433. The van der Waals surface area contributed by atoms with E-state index in [1.54, 1.807) is 0 Å². The van der Waals surface area contributed by atoms with Crippen LogP contribution in [0.2, 0.25) is 0 Å². The first-order valence-electron chi connectivity index (χ1n) is 11.2. The standard InChI is InChI=1S/C30H24N2OS/c1-21-16-18-23(19-17-21)29-30(34-20-27(33)31-24-12-6-3-7-13-24)28(22-10-4-2-5-11-22)25-14-8-9-15-26(25)32-29/h2-19H,20H2,1H3,(H,31,33). The molecule has 0 saturated heterocycles. The molecule has 4 aromatic carbocycles. The molecule has 1 N–H and O–H groups in total. The predicted molar refractivity (Wildman–Crippen MR) is 143 cm³/mol. The number of thioether (sulfide) groups is 1. The van der Waals surface area contributed by atoms with E-state index in [2.05, 4.69) is 60.8 Å². The largest absolute Gasteiger partial charge is 0.325 e. The van der Waals surface area contributed by atoms with Gasteiger partial charge in [-0.25, -0.2) is 4.98 Å². The molecule has 5 rings (SSSR count). The molecule has 0 aliphatic rings. The molecule has 5 aromatic rings. The Morgan fingerprint density at radius 2 is 1.41 bits per heavy atom. The lowest BCUT2D eigenvalue weighted by Crippen LogP contribution is -2.14. The number of nitrogens with zero attached hydrogens (tertiary/aromatic N) is 1. The highest BCUT2D eigenvalue weighted by atomic mass is 32.2. The Labute approximate surface area is 203 Å². The van der Waals surface area contributed by atoms with E-state index in [4.69, 9.17) is 4.98 Å². The van der Waals surface area contributed by atoms with Crippen molar-refractivity contribution in [1.82, 2.24) is 4.98 Å². The highest BCUT2D eigenvalue weighted by Crippen LogP contribution is 2.42. The number of rotatable bonds is 6. The Hall–Kier alpha value is -3.89. The van der Waals surface area contributed by atoms with Gasteiger partial charge in [0.05, 0.1) is 17.0 Å². The van der Waals surface area contributed by atoms with Gasteiger partial charge >= 0.3 is 0 Å². The molecule has 0 aliphatic heterocycles. The summed E-state index contributed by atoms with van der Waals surface area (Å²) in [7, 11) is 0. The molecule has 1 heterocycles. The van der Waals surface area contributed by atoms with Gasteiger partial charge < -0.3 is 5.32 Å². The second kappa shape index (κ2) is 9.94. The summed E-state index contributed by atoms with van der Waals surface area (Å²) < 4.78 is 0. The number of para-hydroxylation sites is 2. The van der Waals surface area contributed by atoms with Crippen LogP contribution >= 0.6 is 11.8 Å². The molecule has 1 amide bonds. The number of pyridine rings is 1. The Balaban J connectivity index is 1.63. The summed E-state index contributed by atoms with van der Waals surface area (Å²) in [5.74, 6) is 0.242. The van der Waals surface area contributed by atoms with Gasteiger partial charge in [0.25, 0.3) is 0 Å². The highest BCUT2D eigenvalue weighted by molar-refractivity contribution is 8.00. The number of hydrogen-bond acceptors (Lipinski definition) is 3. The summed E-state index contributed by atoms with van der Waals surface area (Å²) in [6, 6.07) is 36.6. The fourth-order valence-electron chi connectivity index (χ4n) is 3.99. The van der Waals surface area contributed by atoms with Gasteiger partial charge in [-0.1, -0.05) is 96.6 Å². The van der Waals surface area contributed by atoms with Gasteiger partial charge in [0.15, 0.2) is 0 Å². The molecule has 0 saturated carbocycles. The summed E-state index contributed by atoms with van der Waals surface area (Å²) >= 11 is 1.54. The molecule has 3 nitrogen and oxygen atoms in total. The van der Waals surface area contributed by atoms with Crippen LogP contribution in [0.4, 0.5) is 5.69 Å². The second-order valence-electron chi connectivity index (χ2n) is 8.12. The molecule has 1 aromatic heterocycles. The van der Waals surface area contributed by atoms with Gasteiger partial charge in [0, 0.05) is 27.1 Å². The van der Waals surface area contributed by atoms with E-state index in [9.17, 15) is 4.79 Å². The normalized spacial score (nSPS) is 10.9. The number of benzene rings is 4. The number of nitrogens with one attached hydrogen (secondary N) is 1. The lowest BCUT2D eigenvalue weighted by molar-refractivity contribution is -0.113. The van der Waals surface area contributed by atoms with Gasteiger partial charge in [-0.05, 0) is 30.7 Å². The molecule has 0 unspecified atom stereocenters. The van der Waals surface area contributed by atoms with Crippen LogP contribution in [0.1, 0.15) is 5.56 Å². The van der Waals surface area contributed by atoms with Crippen molar-refractivity contribution >= 4 is 34.3 Å². The lowest BCUT2D eigenvalue weighted by atomic mass is 9.98. The minimum absolute atomic E-state index is 0.0433. The zero-order chi connectivity index (χ0) is 23.3. The summed E-state index contributed by atoms with van der Waals surface area (Å²) in [5.41, 5.74) is 7.10. The number of carbonyl (C=O) groups excluding carboxylic acids is 1. The maximum absolute atomic E-state index is 12.8. The number of aromatic nitrogens is 1. The number of anilines is 1. The lowest BCUT2D eigenvalue weighted by Gasteiger charge is -2.18. The molecular formula is C30H24N2OS. The number of fused-ring (bicyclic) bond motifs is 1. The number of aryl methyl sites for hydroxylation is 1. The van der Waals surface area contributed by atoms with E-state index < -0.39 is 0 Å². The third kappa shape index (κ3) is 4.73. The summed E-state index contributed by atoms with van der Waals surface area (Å²) in [6.07, 6.45) is 0. The van der Waals surface area contributed by atoms with Crippen LogP contribution in [0.15, 0.2) is 114 Å². The van der Waals surface area contributed by atoms with Gasteiger partial charge in [-0.15, -0.1) is 11.8 Å². The van der Waals surface area contributed by atoms with E-state index >= 15 is 0 Å². The van der Waals surface area contributed by atoms with Crippen LogP contribution in [0.3, 0.4) is 0 Å². The molecule has 0 aliphatic carbocycles. The third-order valence-corrected chi connectivity index (χ3v) is 6.73. The maximum Gasteiger partial charge on any atom is 0.234 e. The number of hydrogen-bond donors (Lipinski definition) is 1.